The molecule has 0 aromatic heterocycles. The molecule has 0 radical (unpaired) electrons. The summed E-state index contributed by atoms with van der Waals surface area (Å²) in [6, 6.07) is 4.90. The fourth-order valence-corrected chi connectivity index (χ4v) is 2.36. The standard InChI is InChI=1S/C12H14ClNO5S/c1-20(18,19)7-6-10(12(16)17)14-11(15)8-4-2-3-5-9(8)13/h2-5,10H,6-7H2,1H3,(H,14,15)(H,16,17)/t10-/m1/s1. The topological polar surface area (TPSA) is 101 Å². The van der Waals surface area contributed by atoms with Crippen molar-refractivity contribution in [3.05, 3.63) is 34.9 Å². The van der Waals surface area contributed by atoms with Crippen LogP contribution in [0.4, 0.5) is 0 Å². The Balaban J connectivity index is 2.79. The second-order valence-electron chi connectivity index (χ2n) is 4.26. The van der Waals surface area contributed by atoms with Gasteiger partial charge in [0.25, 0.3) is 5.91 Å². The summed E-state index contributed by atoms with van der Waals surface area (Å²) >= 11 is 5.83. The van der Waals surface area contributed by atoms with E-state index in [1.807, 2.05) is 0 Å². The molecule has 20 heavy (non-hydrogen) atoms. The number of sulfone groups is 1. The molecule has 0 aliphatic carbocycles. The Morgan fingerprint density at radius 2 is 1.95 bits per heavy atom. The smallest absolute Gasteiger partial charge is 0.326 e. The van der Waals surface area contributed by atoms with Crippen molar-refractivity contribution < 1.29 is 23.1 Å². The van der Waals surface area contributed by atoms with E-state index in [0.29, 0.717) is 0 Å². The average Bonchev–Trinajstić information content (AvgIpc) is 2.33. The summed E-state index contributed by atoms with van der Waals surface area (Å²) in [6.07, 6.45) is 0.798. The molecular formula is C12H14ClNO5S. The molecule has 1 rings (SSSR count). The van der Waals surface area contributed by atoms with Crippen LogP contribution in [0.1, 0.15) is 16.8 Å². The molecule has 0 bridgehead atoms. The highest BCUT2D eigenvalue weighted by molar-refractivity contribution is 7.90. The van der Waals surface area contributed by atoms with Crippen LogP contribution < -0.4 is 5.32 Å². The Morgan fingerprint density at radius 1 is 1.35 bits per heavy atom. The van der Waals surface area contributed by atoms with Crippen molar-refractivity contribution in [2.45, 2.75) is 12.5 Å². The summed E-state index contributed by atoms with van der Waals surface area (Å²) in [4.78, 5) is 22.9. The molecule has 110 valence electrons. The van der Waals surface area contributed by atoms with E-state index in [2.05, 4.69) is 5.32 Å². The van der Waals surface area contributed by atoms with Crippen molar-refractivity contribution in [1.29, 1.82) is 0 Å². The van der Waals surface area contributed by atoms with Gasteiger partial charge in [-0.3, -0.25) is 4.79 Å². The molecule has 6 nitrogen and oxygen atoms in total. The first-order chi connectivity index (χ1) is 9.20. The molecule has 0 spiro atoms. The second-order valence-corrected chi connectivity index (χ2v) is 6.93. The zero-order valence-electron chi connectivity index (χ0n) is 10.7. The average molecular weight is 320 g/mol. The maximum atomic E-state index is 11.9. The minimum atomic E-state index is -3.30. The lowest BCUT2D eigenvalue weighted by Gasteiger charge is -2.14. The molecule has 1 atom stereocenters. The molecular weight excluding hydrogens is 306 g/mol. The monoisotopic (exact) mass is 319 g/mol. The van der Waals surface area contributed by atoms with Gasteiger partial charge in [0.2, 0.25) is 0 Å². The molecule has 0 heterocycles. The van der Waals surface area contributed by atoms with Crippen LogP contribution in [0, 0.1) is 0 Å². The Kier molecular flexibility index (Phi) is 5.52. The predicted molar refractivity (Wildman–Crippen MR) is 74.7 cm³/mol. The van der Waals surface area contributed by atoms with Crippen molar-refractivity contribution >= 4 is 33.3 Å². The van der Waals surface area contributed by atoms with Crippen molar-refractivity contribution in [3.63, 3.8) is 0 Å². The summed E-state index contributed by atoms with van der Waals surface area (Å²) in [5.41, 5.74) is 0.139. The summed E-state index contributed by atoms with van der Waals surface area (Å²) in [7, 11) is -3.30. The maximum absolute atomic E-state index is 11.9. The summed E-state index contributed by atoms with van der Waals surface area (Å²) < 4.78 is 22.1. The Morgan fingerprint density at radius 3 is 2.45 bits per heavy atom. The van der Waals surface area contributed by atoms with Crippen molar-refractivity contribution in [3.8, 4) is 0 Å². The summed E-state index contributed by atoms with van der Waals surface area (Å²) in [6.45, 7) is 0. The van der Waals surface area contributed by atoms with Crippen LogP contribution in [0.5, 0.6) is 0 Å². The number of carboxylic acids is 1. The van der Waals surface area contributed by atoms with Gasteiger partial charge >= 0.3 is 5.97 Å². The van der Waals surface area contributed by atoms with E-state index < -0.39 is 27.8 Å². The normalized spacial score (nSPS) is 12.7. The molecule has 0 saturated carbocycles. The SMILES string of the molecule is CS(=O)(=O)CC[C@@H](NC(=O)c1ccccc1Cl)C(=O)O. The van der Waals surface area contributed by atoms with E-state index in [-0.39, 0.29) is 22.8 Å². The lowest BCUT2D eigenvalue weighted by atomic mass is 10.1. The highest BCUT2D eigenvalue weighted by atomic mass is 35.5. The number of nitrogens with one attached hydrogen (secondary N) is 1. The molecule has 1 aromatic rings. The largest absolute Gasteiger partial charge is 0.480 e. The predicted octanol–water partition coefficient (Wildman–Crippen LogP) is 0.958. The zero-order chi connectivity index (χ0) is 15.3. The van der Waals surface area contributed by atoms with Crippen LogP contribution in [0.15, 0.2) is 24.3 Å². The minimum absolute atomic E-state index is 0.139. The van der Waals surface area contributed by atoms with Crippen LogP contribution in [-0.2, 0) is 14.6 Å². The number of halogens is 1. The van der Waals surface area contributed by atoms with E-state index in [1.54, 1.807) is 12.1 Å². The van der Waals surface area contributed by atoms with Gasteiger partial charge in [-0.1, -0.05) is 23.7 Å². The van der Waals surface area contributed by atoms with Crippen molar-refractivity contribution in [2.24, 2.45) is 0 Å². The fourth-order valence-electron chi connectivity index (χ4n) is 1.47. The van der Waals surface area contributed by atoms with Gasteiger partial charge in [0.05, 0.1) is 16.3 Å². The Labute approximate surface area is 121 Å². The number of amides is 1. The lowest BCUT2D eigenvalue weighted by Crippen LogP contribution is -2.42. The molecule has 2 N–H and O–H groups in total. The number of hydrogen-bond acceptors (Lipinski definition) is 4. The first-order valence-electron chi connectivity index (χ1n) is 5.66. The first kappa shape index (κ1) is 16.5. The van der Waals surface area contributed by atoms with E-state index in [0.717, 1.165) is 6.26 Å². The number of rotatable bonds is 6. The zero-order valence-corrected chi connectivity index (χ0v) is 12.2. The molecule has 1 amide bonds. The molecule has 0 saturated heterocycles. The third-order valence-corrected chi connectivity index (χ3v) is 3.81. The maximum Gasteiger partial charge on any atom is 0.326 e. The fraction of sp³-hybridized carbons (Fsp3) is 0.333. The quantitative estimate of drug-likeness (QED) is 0.813. The Bertz CT molecular complexity index is 614. The molecule has 0 fully saturated rings. The van der Waals surface area contributed by atoms with Gasteiger partial charge < -0.3 is 10.4 Å². The summed E-state index contributed by atoms with van der Waals surface area (Å²) in [5, 5.41) is 11.4. The molecule has 0 aliphatic heterocycles. The number of aliphatic carboxylic acids is 1. The molecule has 8 heteroatoms. The number of carbonyl (C=O) groups is 2. The minimum Gasteiger partial charge on any atom is -0.480 e. The lowest BCUT2D eigenvalue weighted by molar-refractivity contribution is -0.139. The van der Waals surface area contributed by atoms with Crippen LogP contribution in [0.25, 0.3) is 0 Å². The third-order valence-electron chi connectivity index (χ3n) is 2.50. The van der Waals surface area contributed by atoms with Crippen molar-refractivity contribution in [2.75, 3.05) is 12.0 Å². The van der Waals surface area contributed by atoms with Gasteiger partial charge in [-0.05, 0) is 18.6 Å². The van der Waals surface area contributed by atoms with Crippen LogP contribution in [-0.4, -0.2) is 43.5 Å². The van der Waals surface area contributed by atoms with Crippen molar-refractivity contribution in [1.82, 2.24) is 5.32 Å². The van der Waals surface area contributed by atoms with E-state index in [1.165, 1.54) is 12.1 Å². The van der Waals surface area contributed by atoms with Crippen LogP contribution in [0.2, 0.25) is 5.02 Å². The van der Waals surface area contributed by atoms with Gasteiger partial charge in [0, 0.05) is 6.26 Å². The van der Waals surface area contributed by atoms with Gasteiger partial charge in [0.1, 0.15) is 15.9 Å². The number of carbonyl (C=O) groups excluding carboxylic acids is 1. The van der Waals surface area contributed by atoms with Gasteiger partial charge in [-0.15, -0.1) is 0 Å². The number of benzene rings is 1. The highest BCUT2D eigenvalue weighted by Gasteiger charge is 2.23. The van der Waals surface area contributed by atoms with E-state index in [4.69, 9.17) is 16.7 Å². The number of carboxylic acid groups (broad SMARTS) is 1. The van der Waals surface area contributed by atoms with Crippen LogP contribution in [0.3, 0.4) is 0 Å². The number of hydrogen-bond donors (Lipinski definition) is 2. The summed E-state index contributed by atoms with van der Waals surface area (Å²) in [5.74, 6) is -2.28. The first-order valence-corrected chi connectivity index (χ1v) is 8.10. The van der Waals surface area contributed by atoms with Gasteiger partial charge in [-0.25, -0.2) is 13.2 Å². The molecule has 1 aromatic carbocycles. The highest BCUT2D eigenvalue weighted by Crippen LogP contribution is 2.15. The molecule has 0 unspecified atom stereocenters. The van der Waals surface area contributed by atoms with Crippen LogP contribution >= 0.6 is 11.6 Å². The van der Waals surface area contributed by atoms with E-state index in [9.17, 15) is 18.0 Å². The third kappa shape index (κ3) is 5.18. The van der Waals surface area contributed by atoms with Gasteiger partial charge in [-0.2, -0.15) is 0 Å². The Hall–Kier alpha value is -1.60. The van der Waals surface area contributed by atoms with Gasteiger partial charge in [0.15, 0.2) is 0 Å². The second kappa shape index (κ2) is 6.71. The molecule has 0 aliphatic rings. The van der Waals surface area contributed by atoms with E-state index >= 15 is 0 Å².